The molecule has 0 spiro atoms. The molecular weight excluding hydrogens is 430 g/mol. The van der Waals surface area contributed by atoms with Gasteiger partial charge in [0.2, 0.25) is 5.91 Å². The second-order valence-electron chi connectivity index (χ2n) is 6.01. The van der Waals surface area contributed by atoms with E-state index < -0.39 is 30.2 Å². The van der Waals surface area contributed by atoms with Gasteiger partial charge in [0.25, 0.3) is 17.7 Å². The zero-order chi connectivity index (χ0) is 20.3. The van der Waals surface area contributed by atoms with Crippen molar-refractivity contribution in [1.82, 2.24) is 15.5 Å². The molecular formula is C19H16BrN3O5. The lowest BCUT2D eigenvalue weighted by molar-refractivity contribution is -0.121. The van der Waals surface area contributed by atoms with Gasteiger partial charge in [-0.2, -0.15) is 0 Å². The van der Waals surface area contributed by atoms with Crippen LogP contribution in [0.1, 0.15) is 31.1 Å². The van der Waals surface area contributed by atoms with E-state index in [0.29, 0.717) is 4.47 Å². The maximum Gasteiger partial charge on any atom is 0.262 e. The standard InChI is InChI=1S/C19H16BrN3O5/c20-11-5-6-12-14(9-11)19(28)23(18(12)27)10-16(25)21-7-8-22-17(26)13-3-1-2-4-15(13)24/h1-6,9,24H,7-8,10H2,(H,21,25)(H,22,26). The van der Waals surface area contributed by atoms with Crippen LogP contribution in [0.5, 0.6) is 5.75 Å². The molecule has 2 aromatic rings. The van der Waals surface area contributed by atoms with Gasteiger partial charge in [0.15, 0.2) is 0 Å². The van der Waals surface area contributed by atoms with E-state index in [1.807, 2.05) is 0 Å². The van der Waals surface area contributed by atoms with Crippen LogP contribution >= 0.6 is 15.9 Å². The molecule has 0 saturated heterocycles. The number of phenols is 1. The molecule has 0 fully saturated rings. The molecule has 0 aliphatic carbocycles. The first-order valence-electron chi connectivity index (χ1n) is 8.37. The number of rotatable bonds is 6. The molecule has 9 heteroatoms. The van der Waals surface area contributed by atoms with Gasteiger partial charge in [-0.1, -0.05) is 28.1 Å². The van der Waals surface area contributed by atoms with Crippen LogP contribution in [0.3, 0.4) is 0 Å². The highest BCUT2D eigenvalue weighted by molar-refractivity contribution is 9.10. The first-order chi connectivity index (χ1) is 13.4. The highest BCUT2D eigenvalue weighted by Crippen LogP contribution is 2.25. The SMILES string of the molecule is O=C(CN1C(=O)c2ccc(Br)cc2C1=O)NCCNC(=O)c1ccccc1O. The van der Waals surface area contributed by atoms with Crippen molar-refractivity contribution in [1.29, 1.82) is 0 Å². The molecule has 4 amide bonds. The first-order valence-corrected chi connectivity index (χ1v) is 9.16. The Bertz CT molecular complexity index is 976. The summed E-state index contributed by atoms with van der Waals surface area (Å²) < 4.78 is 0.666. The van der Waals surface area contributed by atoms with E-state index in [1.165, 1.54) is 18.2 Å². The largest absolute Gasteiger partial charge is 0.507 e. The summed E-state index contributed by atoms with van der Waals surface area (Å²) in [6.07, 6.45) is 0. The highest BCUT2D eigenvalue weighted by atomic mass is 79.9. The smallest absolute Gasteiger partial charge is 0.262 e. The Hall–Kier alpha value is -3.20. The number of imide groups is 1. The lowest BCUT2D eigenvalue weighted by atomic mass is 10.1. The van der Waals surface area contributed by atoms with E-state index in [0.717, 1.165) is 4.90 Å². The summed E-state index contributed by atoms with van der Waals surface area (Å²) in [4.78, 5) is 49.5. The average molecular weight is 446 g/mol. The number of phenolic OH excluding ortho intramolecular Hbond substituents is 1. The second kappa shape index (κ2) is 8.22. The molecule has 28 heavy (non-hydrogen) atoms. The van der Waals surface area contributed by atoms with Crippen LogP contribution in [0.2, 0.25) is 0 Å². The van der Waals surface area contributed by atoms with Gasteiger partial charge in [-0.25, -0.2) is 0 Å². The van der Waals surface area contributed by atoms with Crippen molar-refractivity contribution in [3.05, 3.63) is 63.6 Å². The van der Waals surface area contributed by atoms with E-state index in [9.17, 15) is 24.3 Å². The van der Waals surface area contributed by atoms with Crippen molar-refractivity contribution in [3.8, 4) is 5.75 Å². The van der Waals surface area contributed by atoms with Crippen LogP contribution in [0.15, 0.2) is 46.9 Å². The molecule has 3 rings (SSSR count). The predicted molar refractivity (Wildman–Crippen MR) is 103 cm³/mol. The minimum atomic E-state index is -0.524. The van der Waals surface area contributed by atoms with Gasteiger partial charge >= 0.3 is 0 Å². The molecule has 8 nitrogen and oxygen atoms in total. The van der Waals surface area contributed by atoms with Crippen molar-refractivity contribution in [2.45, 2.75) is 0 Å². The summed E-state index contributed by atoms with van der Waals surface area (Å²) in [5.74, 6) is -2.18. The van der Waals surface area contributed by atoms with E-state index in [1.54, 1.807) is 24.3 Å². The van der Waals surface area contributed by atoms with Crippen LogP contribution in [0, 0.1) is 0 Å². The van der Waals surface area contributed by atoms with Crippen molar-refractivity contribution in [3.63, 3.8) is 0 Å². The Morgan fingerprint density at radius 2 is 1.64 bits per heavy atom. The third-order valence-electron chi connectivity index (χ3n) is 4.12. The first kappa shape index (κ1) is 19.6. The zero-order valence-electron chi connectivity index (χ0n) is 14.6. The average Bonchev–Trinajstić information content (AvgIpc) is 2.90. The number of nitrogens with one attached hydrogen (secondary N) is 2. The lowest BCUT2D eigenvalue weighted by Gasteiger charge is -2.14. The number of nitrogens with zero attached hydrogens (tertiary/aromatic N) is 1. The van der Waals surface area contributed by atoms with Crippen LogP contribution in [-0.2, 0) is 4.79 Å². The number of amides is 4. The van der Waals surface area contributed by atoms with Crippen LogP contribution in [0.4, 0.5) is 0 Å². The number of benzene rings is 2. The molecule has 144 valence electrons. The molecule has 0 bridgehead atoms. The molecule has 0 saturated carbocycles. The summed E-state index contributed by atoms with van der Waals surface area (Å²) in [7, 11) is 0. The third kappa shape index (κ3) is 4.04. The van der Waals surface area contributed by atoms with E-state index >= 15 is 0 Å². The Labute approximate surface area is 168 Å². The Morgan fingerprint density at radius 1 is 0.964 bits per heavy atom. The lowest BCUT2D eigenvalue weighted by Crippen LogP contribution is -2.42. The normalized spacial score (nSPS) is 12.7. The number of hydrogen-bond donors (Lipinski definition) is 3. The minimum Gasteiger partial charge on any atom is -0.507 e. The molecule has 1 aliphatic heterocycles. The second-order valence-corrected chi connectivity index (χ2v) is 6.93. The highest BCUT2D eigenvalue weighted by Gasteiger charge is 2.36. The molecule has 0 aromatic heterocycles. The van der Waals surface area contributed by atoms with Crippen LogP contribution < -0.4 is 10.6 Å². The monoisotopic (exact) mass is 445 g/mol. The van der Waals surface area contributed by atoms with Crippen LogP contribution in [0.25, 0.3) is 0 Å². The minimum absolute atomic E-state index is 0.104. The summed E-state index contributed by atoms with van der Waals surface area (Å²) in [6, 6.07) is 10.8. The molecule has 0 radical (unpaired) electrons. The molecule has 2 aromatic carbocycles. The Kier molecular flexibility index (Phi) is 5.74. The fourth-order valence-corrected chi connectivity index (χ4v) is 3.11. The number of hydrogen-bond acceptors (Lipinski definition) is 5. The summed E-state index contributed by atoms with van der Waals surface area (Å²) in [5, 5.41) is 14.7. The maximum atomic E-state index is 12.3. The zero-order valence-corrected chi connectivity index (χ0v) is 16.2. The third-order valence-corrected chi connectivity index (χ3v) is 4.61. The number of aromatic hydroxyl groups is 1. The van der Waals surface area contributed by atoms with Crippen molar-refractivity contribution in [2.24, 2.45) is 0 Å². The van der Waals surface area contributed by atoms with E-state index in [-0.39, 0.29) is 35.5 Å². The molecule has 1 heterocycles. The van der Waals surface area contributed by atoms with Gasteiger partial charge < -0.3 is 15.7 Å². The Morgan fingerprint density at radius 3 is 2.39 bits per heavy atom. The van der Waals surface area contributed by atoms with Crippen molar-refractivity contribution >= 4 is 39.6 Å². The molecule has 0 unspecified atom stereocenters. The summed E-state index contributed by atoms with van der Waals surface area (Å²) in [6.45, 7) is -0.182. The molecule has 1 aliphatic rings. The fourth-order valence-electron chi connectivity index (χ4n) is 2.74. The van der Waals surface area contributed by atoms with E-state index in [2.05, 4.69) is 26.6 Å². The number of halogens is 1. The van der Waals surface area contributed by atoms with Gasteiger partial charge in [0.05, 0.1) is 16.7 Å². The van der Waals surface area contributed by atoms with Crippen molar-refractivity contribution < 1.29 is 24.3 Å². The van der Waals surface area contributed by atoms with Crippen LogP contribution in [-0.4, -0.2) is 53.3 Å². The number of carbonyl (C=O) groups excluding carboxylic acids is 4. The fraction of sp³-hybridized carbons (Fsp3) is 0.158. The van der Waals surface area contributed by atoms with Gasteiger partial charge in [0, 0.05) is 17.6 Å². The van der Waals surface area contributed by atoms with Gasteiger partial charge in [-0.3, -0.25) is 24.1 Å². The van der Waals surface area contributed by atoms with E-state index in [4.69, 9.17) is 0 Å². The topological polar surface area (TPSA) is 116 Å². The van der Waals surface area contributed by atoms with Gasteiger partial charge in [0.1, 0.15) is 12.3 Å². The van der Waals surface area contributed by atoms with Gasteiger partial charge in [-0.15, -0.1) is 0 Å². The predicted octanol–water partition coefficient (Wildman–Crippen LogP) is 1.30. The summed E-state index contributed by atoms with van der Waals surface area (Å²) >= 11 is 3.25. The number of fused-ring (bicyclic) bond motifs is 1. The van der Waals surface area contributed by atoms with Gasteiger partial charge in [-0.05, 0) is 30.3 Å². The number of carbonyl (C=O) groups is 4. The number of para-hydroxylation sites is 1. The quantitative estimate of drug-likeness (QED) is 0.457. The Balaban J connectivity index is 1.48. The summed E-state index contributed by atoms with van der Waals surface area (Å²) in [5.41, 5.74) is 0.643. The maximum absolute atomic E-state index is 12.3. The molecule has 3 N–H and O–H groups in total. The van der Waals surface area contributed by atoms with Crippen molar-refractivity contribution in [2.75, 3.05) is 19.6 Å². The molecule has 0 atom stereocenters.